The summed E-state index contributed by atoms with van der Waals surface area (Å²) in [6.07, 6.45) is 0.195. The molecule has 1 aliphatic rings. The molecule has 10 heteroatoms. The monoisotopic (exact) mass is 473 g/mol. The molecule has 1 saturated heterocycles. The molecule has 0 radical (unpaired) electrons. The molecule has 0 bridgehead atoms. The fraction of sp³-hybridized carbons (Fsp3) is 0.375. The Bertz CT molecular complexity index is 1040. The predicted octanol–water partition coefficient (Wildman–Crippen LogP) is 4.60. The molecule has 0 saturated carbocycles. The summed E-state index contributed by atoms with van der Waals surface area (Å²) in [5.74, 6) is -0.456. The number of amides is 1. The molecule has 0 N–H and O–H groups in total. The zero-order chi connectivity index (χ0) is 24.9. The van der Waals surface area contributed by atoms with Crippen molar-refractivity contribution in [2.45, 2.75) is 38.8 Å². The van der Waals surface area contributed by atoms with Crippen LogP contribution in [0.5, 0.6) is 11.5 Å². The second-order valence-electron chi connectivity index (χ2n) is 8.43. The highest BCUT2D eigenvalue weighted by Gasteiger charge is 2.38. The molecule has 0 spiro atoms. The number of carbonyl (C=O) groups excluding carboxylic acids is 3. The predicted molar refractivity (Wildman–Crippen MR) is 118 cm³/mol. The first kappa shape index (κ1) is 25.0. The van der Waals surface area contributed by atoms with Crippen LogP contribution in [0.1, 0.15) is 59.5 Å². The molecule has 182 valence electrons. The van der Waals surface area contributed by atoms with E-state index in [2.05, 4.69) is 19.6 Å². The third-order valence-electron chi connectivity index (χ3n) is 4.89. The van der Waals surface area contributed by atoms with Gasteiger partial charge in [0.15, 0.2) is 0 Å². The summed E-state index contributed by atoms with van der Waals surface area (Å²) >= 11 is 0. The van der Waals surface area contributed by atoms with Crippen LogP contribution in [0.4, 0.5) is 4.79 Å². The summed E-state index contributed by atoms with van der Waals surface area (Å²) < 4.78 is 11.5. The lowest BCUT2D eigenvalue weighted by Gasteiger charge is -2.42. The van der Waals surface area contributed by atoms with Gasteiger partial charge in [-0.3, -0.25) is 9.78 Å². The first-order chi connectivity index (χ1) is 16.1. The van der Waals surface area contributed by atoms with Crippen molar-refractivity contribution in [2.24, 2.45) is 0 Å². The van der Waals surface area contributed by atoms with Crippen LogP contribution in [-0.4, -0.2) is 49.3 Å². The maximum absolute atomic E-state index is 12.7. The molecule has 1 fully saturated rings. The van der Waals surface area contributed by atoms with Crippen LogP contribution in [0, 0.1) is 0 Å². The highest BCUT2D eigenvalue weighted by atomic mass is 17.2. The van der Waals surface area contributed by atoms with Gasteiger partial charge in [0.1, 0.15) is 17.1 Å². The van der Waals surface area contributed by atoms with E-state index in [-0.39, 0.29) is 17.2 Å². The van der Waals surface area contributed by atoms with Gasteiger partial charge in [-0.2, -0.15) is 9.78 Å². The lowest BCUT2D eigenvalue weighted by Crippen LogP contribution is -2.47. The molecule has 3 rings (SSSR count). The second-order valence-corrected chi connectivity index (χ2v) is 8.43. The van der Waals surface area contributed by atoms with Gasteiger partial charge < -0.3 is 14.4 Å². The van der Waals surface area contributed by atoms with E-state index in [4.69, 9.17) is 9.47 Å². The molecule has 1 amide bonds. The zero-order valence-corrected chi connectivity index (χ0v) is 19.7. The highest BCUT2D eigenvalue weighted by molar-refractivity contribution is 5.90. The number of hydrogen-bond acceptors (Lipinski definition) is 9. The summed E-state index contributed by atoms with van der Waals surface area (Å²) in [6.45, 7) is 5.88. The Morgan fingerprint density at radius 2 is 1.47 bits per heavy atom. The molecule has 2 aromatic rings. The van der Waals surface area contributed by atoms with Gasteiger partial charge in [0.25, 0.3) is 0 Å². The minimum absolute atomic E-state index is 0.234. The van der Waals surface area contributed by atoms with E-state index in [1.54, 1.807) is 49.9 Å². The number of rotatable bonds is 7. The molecular weight excluding hydrogens is 446 g/mol. The normalized spacial score (nSPS) is 15.2. The maximum atomic E-state index is 12.7. The fourth-order valence-electron chi connectivity index (χ4n) is 3.31. The highest BCUT2D eigenvalue weighted by Crippen LogP contribution is 2.41. The van der Waals surface area contributed by atoms with Crippen molar-refractivity contribution in [3.05, 3.63) is 59.2 Å². The molecule has 2 aromatic carbocycles. The summed E-state index contributed by atoms with van der Waals surface area (Å²) in [7, 11) is 2.47. The average molecular weight is 473 g/mol. The van der Waals surface area contributed by atoms with Crippen LogP contribution in [0.15, 0.2) is 42.5 Å². The minimum Gasteiger partial charge on any atom is -0.457 e. The van der Waals surface area contributed by atoms with Gasteiger partial charge >= 0.3 is 18.0 Å². The van der Waals surface area contributed by atoms with E-state index >= 15 is 0 Å². The molecule has 10 nitrogen and oxygen atoms in total. The number of carbonyl (C=O) groups is 3. The molecule has 34 heavy (non-hydrogen) atoms. The Morgan fingerprint density at radius 1 is 0.882 bits per heavy atom. The van der Waals surface area contributed by atoms with Crippen LogP contribution >= 0.6 is 0 Å². The van der Waals surface area contributed by atoms with Crippen LogP contribution in [0.25, 0.3) is 0 Å². The molecule has 1 atom stereocenters. The van der Waals surface area contributed by atoms with Crippen molar-refractivity contribution in [1.82, 2.24) is 4.90 Å². The molecule has 1 aliphatic heterocycles. The number of ether oxygens (including phenoxy) is 2. The van der Waals surface area contributed by atoms with Gasteiger partial charge in [-0.05, 0) is 69.7 Å². The summed E-state index contributed by atoms with van der Waals surface area (Å²) in [6, 6.07) is 10.6. The number of likely N-dealkylation sites (tertiary alicyclic amines) is 1. The minimum atomic E-state index is -0.681. The van der Waals surface area contributed by atoms with Crippen LogP contribution in [0.2, 0.25) is 0 Å². The summed E-state index contributed by atoms with van der Waals surface area (Å²) in [4.78, 5) is 56.2. The van der Waals surface area contributed by atoms with Crippen LogP contribution < -0.4 is 4.74 Å². The first-order valence-electron chi connectivity index (χ1n) is 10.5. The summed E-state index contributed by atoms with van der Waals surface area (Å²) in [5.41, 5.74) is 0.470. The SMILES string of the molecule is COOC(=O)c1ccc(Oc2ccc(C(=O)OOC)cc2C2CCN2C(=O)OC(C)(C)C)cc1. The molecule has 1 heterocycles. The van der Waals surface area contributed by atoms with Gasteiger partial charge in [0.05, 0.1) is 31.4 Å². The van der Waals surface area contributed by atoms with Crippen LogP contribution in [-0.2, 0) is 24.3 Å². The average Bonchev–Trinajstić information content (AvgIpc) is 2.73. The smallest absolute Gasteiger partial charge is 0.410 e. The van der Waals surface area contributed by atoms with E-state index in [0.717, 1.165) is 0 Å². The van der Waals surface area contributed by atoms with Crippen molar-refractivity contribution in [2.75, 3.05) is 20.8 Å². The Labute approximate surface area is 197 Å². The van der Waals surface area contributed by atoms with E-state index in [1.807, 2.05) is 0 Å². The number of nitrogens with zero attached hydrogens (tertiary/aromatic N) is 1. The number of hydrogen-bond donors (Lipinski definition) is 0. The van der Waals surface area contributed by atoms with Crippen molar-refractivity contribution >= 4 is 18.0 Å². The van der Waals surface area contributed by atoms with E-state index in [0.29, 0.717) is 30.0 Å². The second kappa shape index (κ2) is 10.5. The maximum Gasteiger partial charge on any atom is 0.410 e. The number of benzene rings is 2. The van der Waals surface area contributed by atoms with E-state index in [1.165, 1.54) is 32.4 Å². The molecule has 0 aliphatic carbocycles. The fourth-order valence-corrected chi connectivity index (χ4v) is 3.31. The summed E-state index contributed by atoms with van der Waals surface area (Å²) in [5, 5.41) is 0. The van der Waals surface area contributed by atoms with Gasteiger partial charge in [-0.15, -0.1) is 0 Å². The largest absolute Gasteiger partial charge is 0.457 e. The van der Waals surface area contributed by atoms with E-state index < -0.39 is 23.6 Å². The third-order valence-corrected chi connectivity index (χ3v) is 4.89. The Kier molecular flexibility index (Phi) is 7.75. The standard InChI is InChI=1S/C24H27NO9/c1-24(2,3)32-23(28)25-13-12-19(25)18-14-16(22(27)34-30-5)8-11-20(18)31-17-9-6-15(7-10-17)21(26)33-29-4/h6-11,14,19H,12-13H2,1-5H3. The molecular formula is C24H27NO9. The third kappa shape index (κ3) is 6.03. The van der Waals surface area contributed by atoms with Gasteiger partial charge in [0, 0.05) is 12.1 Å². The van der Waals surface area contributed by atoms with Gasteiger partial charge in [-0.1, -0.05) is 0 Å². The van der Waals surface area contributed by atoms with Crippen molar-refractivity contribution < 1.29 is 43.4 Å². The lowest BCUT2D eigenvalue weighted by molar-refractivity contribution is -0.216. The van der Waals surface area contributed by atoms with Crippen molar-refractivity contribution in [3.63, 3.8) is 0 Å². The van der Waals surface area contributed by atoms with Gasteiger partial charge in [-0.25, -0.2) is 14.4 Å². The van der Waals surface area contributed by atoms with Crippen LogP contribution in [0.3, 0.4) is 0 Å². The lowest BCUT2D eigenvalue weighted by atomic mass is 9.93. The van der Waals surface area contributed by atoms with E-state index in [9.17, 15) is 14.4 Å². The Hall–Kier alpha value is -3.63. The molecule has 0 aromatic heterocycles. The Morgan fingerprint density at radius 3 is 2.00 bits per heavy atom. The Balaban J connectivity index is 1.89. The topological polar surface area (TPSA) is 110 Å². The quantitative estimate of drug-likeness (QED) is 0.421. The van der Waals surface area contributed by atoms with Crippen molar-refractivity contribution in [3.8, 4) is 11.5 Å². The molecule has 1 unspecified atom stereocenters. The van der Waals surface area contributed by atoms with Crippen molar-refractivity contribution in [1.29, 1.82) is 0 Å². The van der Waals surface area contributed by atoms with Gasteiger partial charge in [0.2, 0.25) is 0 Å². The zero-order valence-electron chi connectivity index (χ0n) is 19.7. The first-order valence-corrected chi connectivity index (χ1v) is 10.5.